The van der Waals surface area contributed by atoms with Gasteiger partial charge in [0.15, 0.2) is 0 Å². The molecule has 1 aromatic carbocycles. The number of benzene rings is 1. The van der Waals surface area contributed by atoms with Gasteiger partial charge in [0, 0.05) is 31.3 Å². The minimum Gasteiger partial charge on any atom is -0.370 e. The number of rotatable bonds is 10. The lowest BCUT2D eigenvalue weighted by molar-refractivity contribution is 0.405. The van der Waals surface area contributed by atoms with E-state index in [4.69, 9.17) is 0 Å². The molecule has 136 valence electrons. The van der Waals surface area contributed by atoms with Crippen LogP contribution in [-0.4, -0.2) is 74.1 Å². The highest BCUT2D eigenvalue weighted by Gasteiger charge is 2.07. The molecule has 0 unspecified atom stereocenters. The molecule has 1 heterocycles. The first-order valence-corrected chi connectivity index (χ1v) is 8.76. The highest BCUT2D eigenvalue weighted by molar-refractivity contribution is 5.64. The van der Waals surface area contributed by atoms with Crippen molar-refractivity contribution < 1.29 is 0 Å². The standard InChI is InChI=1S/C19H30N6/c1-24(2)13-8-11-20-18-15-17(16-9-6-5-7-10-16)22-19(23-18)21-12-14-25(3)4/h5-7,9-10,15H,8,11-14H2,1-4H3,(H2,20,21,22,23). The molecule has 0 fully saturated rings. The summed E-state index contributed by atoms with van der Waals surface area (Å²) >= 11 is 0. The largest absolute Gasteiger partial charge is 0.370 e. The molecule has 6 heteroatoms. The van der Waals surface area contributed by atoms with Gasteiger partial charge in [0.25, 0.3) is 0 Å². The molecule has 0 aliphatic rings. The van der Waals surface area contributed by atoms with Gasteiger partial charge in [0.2, 0.25) is 5.95 Å². The zero-order chi connectivity index (χ0) is 18.1. The second kappa shape index (κ2) is 9.96. The summed E-state index contributed by atoms with van der Waals surface area (Å²) in [5.41, 5.74) is 2.02. The molecule has 0 radical (unpaired) electrons. The molecular formula is C19H30N6. The Kier molecular flexibility index (Phi) is 7.63. The highest BCUT2D eigenvalue weighted by Crippen LogP contribution is 2.21. The minimum absolute atomic E-state index is 0.665. The maximum Gasteiger partial charge on any atom is 0.225 e. The van der Waals surface area contributed by atoms with E-state index in [2.05, 4.69) is 70.7 Å². The van der Waals surface area contributed by atoms with E-state index in [1.807, 2.05) is 24.3 Å². The molecular weight excluding hydrogens is 312 g/mol. The van der Waals surface area contributed by atoms with E-state index in [1.165, 1.54) is 0 Å². The fourth-order valence-electron chi connectivity index (χ4n) is 2.38. The van der Waals surface area contributed by atoms with Crippen molar-refractivity contribution in [3.05, 3.63) is 36.4 Å². The number of nitrogens with zero attached hydrogens (tertiary/aromatic N) is 4. The van der Waals surface area contributed by atoms with Crippen LogP contribution < -0.4 is 10.6 Å². The number of hydrogen-bond acceptors (Lipinski definition) is 6. The van der Waals surface area contributed by atoms with Gasteiger partial charge in [0.1, 0.15) is 5.82 Å². The molecule has 1 aromatic heterocycles. The van der Waals surface area contributed by atoms with Crippen LogP contribution in [-0.2, 0) is 0 Å². The molecule has 2 aromatic rings. The molecule has 0 bridgehead atoms. The summed E-state index contributed by atoms with van der Waals surface area (Å²) in [4.78, 5) is 13.6. The van der Waals surface area contributed by atoms with Gasteiger partial charge in [-0.3, -0.25) is 0 Å². The first kappa shape index (κ1) is 19.1. The van der Waals surface area contributed by atoms with Crippen molar-refractivity contribution in [3.8, 4) is 11.3 Å². The second-order valence-electron chi connectivity index (χ2n) is 6.64. The summed E-state index contributed by atoms with van der Waals surface area (Å²) in [5.74, 6) is 1.53. The number of nitrogens with one attached hydrogen (secondary N) is 2. The fraction of sp³-hybridized carbons (Fsp3) is 0.474. The average molecular weight is 342 g/mol. The van der Waals surface area contributed by atoms with Crippen molar-refractivity contribution in [1.29, 1.82) is 0 Å². The number of aromatic nitrogens is 2. The molecule has 2 N–H and O–H groups in total. The molecule has 0 saturated carbocycles. The van der Waals surface area contributed by atoms with Crippen molar-refractivity contribution in [3.63, 3.8) is 0 Å². The zero-order valence-corrected chi connectivity index (χ0v) is 15.8. The SMILES string of the molecule is CN(C)CCCNc1cc(-c2ccccc2)nc(NCCN(C)C)n1. The van der Waals surface area contributed by atoms with Gasteiger partial charge in [-0.1, -0.05) is 30.3 Å². The van der Waals surface area contributed by atoms with E-state index in [0.717, 1.165) is 49.7 Å². The molecule has 0 atom stereocenters. The lowest BCUT2D eigenvalue weighted by Gasteiger charge is -2.14. The van der Waals surface area contributed by atoms with Crippen molar-refractivity contribution in [2.45, 2.75) is 6.42 Å². The highest BCUT2D eigenvalue weighted by atomic mass is 15.2. The first-order chi connectivity index (χ1) is 12.0. The van der Waals surface area contributed by atoms with Gasteiger partial charge in [-0.25, -0.2) is 4.98 Å². The van der Waals surface area contributed by atoms with E-state index >= 15 is 0 Å². The molecule has 2 rings (SSSR count). The predicted octanol–water partition coefficient (Wildman–Crippen LogP) is 2.48. The fourth-order valence-corrected chi connectivity index (χ4v) is 2.38. The third kappa shape index (κ3) is 7.07. The van der Waals surface area contributed by atoms with Crippen LogP contribution in [0.4, 0.5) is 11.8 Å². The average Bonchev–Trinajstić information content (AvgIpc) is 2.59. The van der Waals surface area contributed by atoms with Gasteiger partial charge < -0.3 is 20.4 Å². The minimum atomic E-state index is 0.665. The number of likely N-dealkylation sites (N-methyl/N-ethyl adjacent to an activating group) is 1. The van der Waals surface area contributed by atoms with Crippen LogP contribution in [0, 0.1) is 0 Å². The van der Waals surface area contributed by atoms with Gasteiger partial charge in [-0.2, -0.15) is 4.98 Å². The molecule has 0 spiro atoms. The third-order valence-corrected chi connectivity index (χ3v) is 3.73. The van der Waals surface area contributed by atoms with Gasteiger partial charge >= 0.3 is 0 Å². The molecule has 0 amide bonds. The van der Waals surface area contributed by atoms with Crippen molar-refractivity contribution in [2.24, 2.45) is 0 Å². The topological polar surface area (TPSA) is 56.3 Å². The first-order valence-electron chi connectivity index (χ1n) is 8.76. The summed E-state index contributed by atoms with van der Waals surface area (Å²) in [7, 11) is 8.29. The Hall–Kier alpha value is -2.18. The Labute approximate surface area is 151 Å². The van der Waals surface area contributed by atoms with Crippen LogP contribution in [0.2, 0.25) is 0 Å². The Bertz CT molecular complexity index is 627. The molecule has 25 heavy (non-hydrogen) atoms. The van der Waals surface area contributed by atoms with E-state index in [0.29, 0.717) is 5.95 Å². The Balaban J connectivity index is 2.10. The van der Waals surface area contributed by atoms with Gasteiger partial charge in [-0.15, -0.1) is 0 Å². The lowest BCUT2D eigenvalue weighted by atomic mass is 10.1. The quantitative estimate of drug-likeness (QED) is 0.647. The molecule has 0 aliphatic heterocycles. The summed E-state index contributed by atoms with van der Waals surface area (Å²) in [6.45, 7) is 3.69. The molecule has 0 saturated heterocycles. The summed E-state index contributed by atoms with van der Waals surface area (Å²) in [6, 6.07) is 12.2. The summed E-state index contributed by atoms with van der Waals surface area (Å²) in [5, 5.41) is 6.74. The van der Waals surface area contributed by atoms with E-state index in [9.17, 15) is 0 Å². The monoisotopic (exact) mass is 342 g/mol. The summed E-state index contributed by atoms with van der Waals surface area (Å²) < 4.78 is 0. The second-order valence-corrected chi connectivity index (χ2v) is 6.64. The Morgan fingerprint density at radius 1 is 0.840 bits per heavy atom. The third-order valence-electron chi connectivity index (χ3n) is 3.73. The maximum atomic E-state index is 4.67. The number of hydrogen-bond donors (Lipinski definition) is 2. The van der Waals surface area contributed by atoms with Crippen LogP contribution in [0.3, 0.4) is 0 Å². The summed E-state index contributed by atoms with van der Waals surface area (Å²) in [6.07, 6.45) is 1.07. The smallest absolute Gasteiger partial charge is 0.225 e. The Morgan fingerprint density at radius 2 is 1.56 bits per heavy atom. The van der Waals surface area contributed by atoms with Crippen LogP contribution in [0.25, 0.3) is 11.3 Å². The van der Waals surface area contributed by atoms with Crippen LogP contribution in [0.15, 0.2) is 36.4 Å². The van der Waals surface area contributed by atoms with E-state index in [1.54, 1.807) is 0 Å². The van der Waals surface area contributed by atoms with Crippen LogP contribution in [0.1, 0.15) is 6.42 Å². The van der Waals surface area contributed by atoms with E-state index in [-0.39, 0.29) is 0 Å². The number of anilines is 2. The van der Waals surface area contributed by atoms with Crippen LogP contribution >= 0.6 is 0 Å². The molecule has 6 nitrogen and oxygen atoms in total. The normalized spacial score (nSPS) is 11.1. The predicted molar refractivity (Wildman–Crippen MR) is 106 cm³/mol. The lowest BCUT2D eigenvalue weighted by Crippen LogP contribution is -2.22. The van der Waals surface area contributed by atoms with Crippen molar-refractivity contribution in [1.82, 2.24) is 19.8 Å². The molecule has 0 aliphatic carbocycles. The zero-order valence-electron chi connectivity index (χ0n) is 15.8. The van der Waals surface area contributed by atoms with Crippen molar-refractivity contribution >= 4 is 11.8 Å². The maximum absolute atomic E-state index is 4.67. The van der Waals surface area contributed by atoms with Crippen LogP contribution in [0.5, 0.6) is 0 Å². The van der Waals surface area contributed by atoms with Crippen molar-refractivity contribution in [2.75, 3.05) is 65.0 Å². The van der Waals surface area contributed by atoms with Gasteiger partial charge in [0.05, 0.1) is 5.69 Å². The van der Waals surface area contributed by atoms with Gasteiger partial charge in [-0.05, 0) is 41.2 Å². The Morgan fingerprint density at radius 3 is 2.24 bits per heavy atom. The van der Waals surface area contributed by atoms with E-state index < -0.39 is 0 Å².